The highest BCUT2D eigenvalue weighted by atomic mass is 19.4. The number of carboxylic acids is 1. The lowest BCUT2D eigenvalue weighted by molar-refractivity contribution is -0.147. The molecule has 0 saturated carbocycles. The third kappa shape index (κ3) is 5.04. The number of aryl methyl sites for hydroxylation is 2. The maximum Gasteiger partial charge on any atom is 0.416 e. The number of aliphatic carboxylic acids is 1. The van der Waals surface area contributed by atoms with E-state index in [9.17, 15) is 27.2 Å². The van der Waals surface area contributed by atoms with Crippen LogP contribution in [0, 0.1) is 25.6 Å². The Labute approximate surface area is 197 Å². The molecule has 11 heteroatoms. The van der Waals surface area contributed by atoms with Crippen LogP contribution in [0.1, 0.15) is 22.3 Å². The van der Waals surface area contributed by atoms with Gasteiger partial charge in [0.25, 0.3) is 5.56 Å². The molecular formula is C24H22F4N4O3. The monoisotopic (exact) mass is 490 g/mol. The summed E-state index contributed by atoms with van der Waals surface area (Å²) >= 11 is 0. The zero-order valence-corrected chi connectivity index (χ0v) is 18.9. The molecule has 0 aliphatic carbocycles. The fraction of sp³-hybridized carbons (Fsp3) is 0.292. The Hall–Kier alpha value is -3.73. The lowest BCUT2D eigenvalue weighted by atomic mass is 9.96. The molecule has 0 unspecified atom stereocenters. The lowest BCUT2D eigenvalue weighted by Crippen LogP contribution is -2.49. The van der Waals surface area contributed by atoms with Crippen molar-refractivity contribution in [1.82, 2.24) is 14.5 Å². The van der Waals surface area contributed by atoms with Gasteiger partial charge in [-0.25, -0.2) is 9.37 Å². The molecule has 1 fully saturated rings. The molecule has 1 aliphatic heterocycles. The predicted octanol–water partition coefficient (Wildman–Crippen LogP) is 4.27. The zero-order chi connectivity index (χ0) is 25.5. The van der Waals surface area contributed by atoms with Crippen molar-refractivity contribution in [2.45, 2.75) is 26.6 Å². The van der Waals surface area contributed by atoms with Gasteiger partial charge in [0.1, 0.15) is 5.82 Å². The van der Waals surface area contributed by atoms with Crippen molar-refractivity contribution in [1.29, 1.82) is 0 Å². The van der Waals surface area contributed by atoms with E-state index in [-0.39, 0.29) is 17.4 Å². The number of carboxylic acid groups (broad SMARTS) is 1. The molecule has 35 heavy (non-hydrogen) atoms. The molecule has 0 spiro atoms. The van der Waals surface area contributed by atoms with Crippen molar-refractivity contribution in [3.8, 4) is 5.69 Å². The topological polar surface area (TPSA) is 87.5 Å². The SMILES string of the molecule is Cc1cc(-n2ccnc(Nc3ccc(C(F)(F)F)cc3F)c2=O)cc(C)c1CN1CC(C(=O)O)C1. The van der Waals surface area contributed by atoms with Crippen LogP contribution in [0.15, 0.2) is 47.5 Å². The van der Waals surface area contributed by atoms with Crippen LogP contribution < -0.4 is 10.9 Å². The van der Waals surface area contributed by atoms with Crippen LogP contribution in [0.2, 0.25) is 0 Å². The average Bonchev–Trinajstić information content (AvgIpc) is 2.73. The first-order chi connectivity index (χ1) is 16.4. The number of benzene rings is 2. The number of aromatic nitrogens is 2. The van der Waals surface area contributed by atoms with Gasteiger partial charge in [0.05, 0.1) is 17.2 Å². The summed E-state index contributed by atoms with van der Waals surface area (Å²) in [4.78, 5) is 30.0. The van der Waals surface area contributed by atoms with Crippen LogP contribution in [0.5, 0.6) is 0 Å². The molecule has 1 saturated heterocycles. The van der Waals surface area contributed by atoms with Gasteiger partial charge in [0, 0.05) is 37.7 Å². The Morgan fingerprint density at radius 1 is 1.17 bits per heavy atom. The minimum absolute atomic E-state index is 0.245. The second kappa shape index (κ2) is 9.14. The van der Waals surface area contributed by atoms with Gasteiger partial charge < -0.3 is 10.4 Å². The van der Waals surface area contributed by atoms with Gasteiger partial charge in [-0.3, -0.25) is 19.1 Å². The number of anilines is 2. The van der Waals surface area contributed by atoms with Crippen molar-refractivity contribution in [2.24, 2.45) is 5.92 Å². The molecular weight excluding hydrogens is 468 g/mol. The first-order valence-electron chi connectivity index (χ1n) is 10.7. The molecule has 0 radical (unpaired) electrons. The average molecular weight is 490 g/mol. The zero-order valence-electron chi connectivity index (χ0n) is 18.9. The molecule has 2 N–H and O–H groups in total. The number of nitrogens with zero attached hydrogens (tertiary/aromatic N) is 3. The van der Waals surface area contributed by atoms with E-state index in [1.54, 1.807) is 12.1 Å². The standard InChI is InChI=1S/C24H22F4N4O3/c1-13-7-17(8-14(2)18(13)12-31-10-15(11-31)23(34)35)32-6-5-29-21(22(32)33)30-20-4-3-16(9-19(20)25)24(26,27)28/h3-9,15H,10-12H2,1-2H3,(H,29,30)(H,34,35). The summed E-state index contributed by atoms with van der Waals surface area (Å²) in [5, 5.41) is 11.5. The van der Waals surface area contributed by atoms with E-state index in [1.807, 2.05) is 18.7 Å². The molecule has 0 amide bonds. The van der Waals surface area contributed by atoms with Gasteiger partial charge in [-0.05, 0) is 60.9 Å². The Morgan fingerprint density at radius 3 is 2.40 bits per heavy atom. The summed E-state index contributed by atoms with van der Waals surface area (Å²) in [6.07, 6.45) is -1.92. The fourth-order valence-corrected chi connectivity index (χ4v) is 4.06. The number of nitrogens with one attached hydrogen (secondary N) is 1. The van der Waals surface area contributed by atoms with E-state index in [0.717, 1.165) is 28.8 Å². The van der Waals surface area contributed by atoms with Crippen molar-refractivity contribution >= 4 is 17.5 Å². The summed E-state index contributed by atoms with van der Waals surface area (Å²) in [5.41, 5.74) is 1.34. The van der Waals surface area contributed by atoms with Crippen molar-refractivity contribution in [3.63, 3.8) is 0 Å². The smallest absolute Gasteiger partial charge is 0.416 e. The van der Waals surface area contributed by atoms with Crippen molar-refractivity contribution < 1.29 is 27.5 Å². The Morgan fingerprint density at radius 2 is 1.83 bits per heavy atom. The Bertz CT molecular complexity index is 1320. The highest BCUT2D eigenvalue weighted by molar-refractivity contribution is 5.71. The summed E-state index contributed by atoms with van der Waals surface area (Å²) < 4.78 is 53.9. The molecule has 3 aromatic rings. The first kappa shape index (κ1) is 24.4. The quantitative estimate of drug-likeness (QED) is 0.502. The Balaban J connectivity index is 1.58. The third-order valence-corrected chi connectivity index (χ3v) is 6.04. The number of halogens is 4. The predicted molar refractivity (Wildman–Crippen MR) is 120 cm³/mol. The van der Waals surface area contributed by atoms with Crippen LogP contribution in [0.25, 0.3) is 5.69 Å². The van der Waals surface area contributed by atoms with Gasteiger partial charge in [-0.2, -0.15) is 13.2 Å². The van der Waals surface area contributed by atoms with E-state index >= 15 is 0 Å². The van der Waals surface area contributed by atoms with E-state index in [2.05, 4.69) is 10.3 Å². The van der Waals surface area contributed by atoms with Crippen LogP contribution in [-0.2, 0) is 17.5 Å². The van der Waals surface area contributed by atoms with E-state index in [1.165, 1.54) is 17.0 Å². The van der Waals surface area contributed by atoms with Crippen LogP contribution in [0.4, 0.5) is 29.1 Å². The molecule has 1 aliphatic rings. The lowest BCUT2D eigenvalue weighted by Gasteiger charge is -2.37. The highest BCUT2D eigenvalue weighted by Gasteiger charge is 2.33. The normalized spacial score (nSPS) is 14.6. The summed E-state index contributed by atoms with van der Waals surface area (Å²) in [6, 6.07) is 5.59. The number of hydrogen-bond donors (Lipinski definition) is 2. The fourth-order valence-electron chi connectivity index (χ4n) is 4.06. The van der Waals surface area contributed by atoms with Gasteiger partial charge >= 0.3 is 12.1 Å². The molecule has 184 valence electrons. The van der Waals surface area contributed by atoms with Gasteiger partial charge in [-0.15, -0.1) is 0 Å². The minimum atomic E-state index is -4.69. The van der Waals surface area contributed by atoms with Gasteiger partial charge in [-0.1, -0.05) is 0 Å². The summed E-state index contributed by atoms with van der Waals surface area (Å²) in [6.45, 7) is 5.34. The third-order valence-electron chi connectivity index (χ3n) is 6.04. The van der Waals surface area contributed by atoms with Crippen LogP contribution >= 0.6 is 0 Å². The summed E-state index contributed by atoms with van der Waals surface area (Å²) in [5.74, 6) is -2.57. The number of rotatable bonds is 6. The van der Waals surface area contributed by atoms with E-state index in [4.69, 9.17) is 5.11 Å². The molecule has 0 bridgehead atoms. The highest BCUT2D eigenvalue weighted by Crippen LogP contribution is 2.32. The van der Waals surface area contributed by atoms with E-state index in [0.29, 0.717) is 31.4 Å². The maximum absolute atomic E-state index is 14.2. The number of likely N-dealkylation sites (tertiary alicyclic amines) is 1. The minimum Gasteiger partial charge on any atom is -0.481 e. The first-order valence-corrected chi connectivity index (χ1v) is 10.7. The van der Waals surface area contributed by atoms with Gasteiger partial charge in [0.15, 0.2) is 5.82 Å². The molecule has 2 aromatic carbocycles. The molecule has 1 aromatic heterocycles. The van der Waals surface area contributed by atoms with Crippen molar-refractivity contribution in [3.05, 3.63) is 81.2 Å². The largest absolute Gasteiger partial charge is 0.481 e. The maximum atomic E-state index is 14.2. The second-order valence-corrected chi connectivity index (χ2v) is 8.56. The number of alkyl halides is 3. The summed E-state index contributed by atoms with van der Waals surface area (Å²) in [7, 11) is 0. The Kier molecular flexibility index (Phi) is 6.37. The van der Waals surface area contributed by atoms with Crippen LogP contribution in [0.3, 0.4) is 0 Å². The van der Waals surface area contributed by atoms with Crippen LogP contribution in [-0.4, -0.2) is 38.6 Å². The molecule has 0 atom stereocenters. The van der Waals surface area contributed by atoms with Crippen molar-refractivity contribution in [2.75, 3.05) is 18.4 Å². The molecule has 7 nitrogen and oxygen atoms in total. The van der Waals surface area contributed by atoms with Gasteiger partial charge in [0.2, 0.25) is 0 Å². The molecule has 2 heterocycles. The van der Waals surface area contributed by atoms with E-state index < -0.39 is 29.1 Å². The molecule has 4 rings (SSSR count). The number of carbonyl (C=O) groups is 1. The number of hydrogen-bond acceptors (Lipinski definition) is 5. The second-order valence-electron chi connectivity index (χ2n) is 8.56.